The first-order valence-corrected chi connectivity index (χ1v) is 11.1. The van der Waals surface area contributed by atoms with Crippen LogP contribution in [0.25, 0.3) is 0 Å². The van der Waals surface area contributed by atoms with Gasteiger partial charge in [0.2, 0.25) is 5.91 Å². The van der Waals surface area contributed by atoms with Crippen LogP contribution in [0, 0.1) is 0 Å². The smallest absolute Gasteiger partial charge is 0.219 e. The minimum atomic E-state index is -0.614. The van der Waals surface area contributed by atoms with Gasteiger partial charge in [-0.3, -0.25) is 14.6 Å². The van der Waals surface area contributed by atoms with E-state index in [9.17, 15) is 9.90 Å². The Morgan fingerprint density at radius 1 is 1.06 bits per heavy atom. The molecule has 1 atom stereocenters. The molecule has 1 saturated heterocycles. The van der Waals surface area contributed by atoms with Crippen LogP contribution in [0.5, 0.6) is 11.5 Å². The monoisotopic (exact) mass is 441 g/mol. The Hall–Kier alpha value is -2.61. The summed E-state index contributed by atoms with van der Waals surface area (Å²) in [5, 5.41) is 10.5. The average Bonchev–Trinajstić information content (AvgIpc) is 2.78. The van der Waals surface area contributed by atoms with Crippen LogP contribution in [0.1, 0.15) is 18.1 Å². The number of carbonyl (C=O) groups excluding carboxylic acids is 1. The Bertz CT molecular complexity index is 854. The molecule has 0 spiro atoms. The van der Waals surface area contributed by atoms with Crippen molar-refractivity contribution < 1.29 is 19.4 Å². The third kappa shape index (κ3) is 7.22. The van der Waals surface area contributed by atoms with Crippen LogP contribution in [0.4, 0.5) is 0 Å². The highest BCUT2D eigenvalue weighted by Gasteiger charge is 2.19. The summed E-state index contributed by atoms with van der Waals surface area (Å²) in [6.45, 7) is 7.11. The molecule has 0 saturated carbocycles. The van der Waals surface area contributed by atoms with E-state index in [0.717, 1.165) is 44.8 Å². The molecule has 0 aliphatic carbocycles. The van der Waals surface area contributed by atoms with E-state index >= 15 is 0 Å². The van der Waals surface area contributed by atoms with E-state index in [1.165, 1.54) is 5.56 Å². The van der Waals surface area contributed by atoms with Gasteiger partial charge < -0.3 is 19.5 Å². The fourth-order valence-electron chi connectivity index (χ4n) is 3.97. The summed E-state index contributed by atoms with van der Waals surface area (Å²) in [6, 6.07) is 16.1. The van der Waals surface area contributed by atoms with Crippen molar-refractivity contribution in [3.05, 3.63) is 59.7 Å². The Morgan fingerprint density at radius 3 is 2.44 bits per heavy atom. The van der Waals surface area contributed by atoms with Crippen molar-refractivity contribution >= 4 is 5.91 Å². The molecule has 1 heterocycles. The largest absolute Gasteiger partial charge is 0.493 e. The first-order chi connectivity index (χ1) is 15.4. The van der Waals surface area contributed by atoms with Gasteiger partial charge in [-0.2, -0.15) is 0 Å². The molecular weight excluding hydrogens is 406 g/mol. The molecule has 1 aliphatic rings. The van der Waals surface area contributed by atoms with Gasteiger partial charge in [0.1, 0.15) is 12.7 Å². The SMILES string of the molecule is COc1ccc(CN2CCN(C(C)=O)CC2)cc1OCC(O)CN(C)Cc1ccccc1. The van der Waals surface area contributed by atoms with Crippen molar-refractivity contribution in [2.24, 2.45) is 0 Å². The normalized spacial score (nSPS) is 15.6. The summed E-state index contributed by atoms with van der Waals surface area (Å²) in [5.74, 6) is 1.43. The predicted octanol–water partition coefficient (Wildman–Crippen LogP) is 2.23. The van der Waals surface area contributed by atoms with Crippen LogP contribution >= 0.6 is 0 Å². The number of nitrogens with zero attached hydrogens (tertiary/aromatic N) is 3. The highest BCUT2D eigenvalue weighted by Crippen LogP contribution is 2.29. The second-order valence-electron chi connectivity index (χ2n) is 8.41. The fraction of sp³-hybridized carbons (Fsp3) is 0.480. The molecule has 3 rings (SSSR count). The van der Waals surface area contributed by atoms with E-state index < -0.39 is 6.10 Å². The lowest BCUT2D eigenvalue weighted by Crippen LogP contribution is -2.47. The van der Waals surface area contributed by atoms with Crippen molar-refractivity contribution in [2.75, 3.05) is 53.5 Å². The number of likely N-dealkylation sites (N-methyl/N-ethyl adjacent to an activating group) is 1. The van der Waals surface area contributed by atoms with Crippen LogP contribution < -0.4 is 9.47 Å². The van der Waals surface area contributed by atoms with Crippen LogP contribution in [-0.4, -0.2) is 85.3 Å². The quantitative estimate of drug-likeness (QED) is 0.610. The van der Waals surface area contributed by atoms with Gasteiger partial charge >= 0.3 is 0 Å². The molecule has 2 aromatic rings. The number of ether oxygens (including phenoxy) is 2. The molecule has 1 aliphatic heterocycles. The molecule has 32 heavy (non-hydrogen) atoms. The van der Waals surface area contributed by atoms with Gasteiger partial charge in [-0.05, 0) is 30.3 Å². The highest BCUT2D eigenvalue weighted by molar-refractivity contribution is 5.73. The predicted molar refractivity (Wildman–Crippen MR) is 125 cm³/mol. The Morgan fingerprint density at radius 2 is 1.78 bits per heavy atom. The van der Waals surface area contributed by atoms with E-state index in [1.54, 1.807) is 14.0 Å². The number of benzene rings is 2. The summed E-state index contributed by atoms with van der Waals surface area (Å²) in [7, 11) is 3.61. The van der Waals surface area contributed by atoms with Crippen molar-refractivity contribution in [2.45, 2.75) is 26.1 Å². The Kier molecular flexibility index (Phi) is 8.90. The molecule has 0 aromatic heterocycles. The maximum absolute atomic E-state index is 11.5. The van der Waals surface area contributed by atoms with Gasteiger partial charge in [-0.1, -0.05) is 36.4 Å². The Balaban J connectivity index is 1.51. The molecule has 2 aromatic carbocycles. The zero-order chi connectivity index (χ0) is 22.9. The second kappa shape index (κ2) is 11.9. The lowest BCUT2D eigenvalue weighted by atomic mass is 10.1. The van der Waals surface area contributed by atoms with Crippen LogP contribution in [0.15, 0.2) is 48.5 Å². The van der Waals surface area contributed by atoms with Crippen molar-refractivity contribution in [1.82, 2.24) is 14.7 Å². The first-order valence-electron chi connectivity index (χ1n) is 11.1. The van der Waals surface area contributed by atoms with E-state index in [2.05, 4.69) is 21.9 Å². The molecule has 0 radical (unpaired) electrons. The second-order valence-corrected chi connectivity index (χ2v) is 8.41. The molecule has 7 nitrogen and oxygen atoms in total. The van der Waals surface area contributed by atoms with Crippen molar-refractivity contribution in [3.63, 3.8) is 0 Å². The van der Waals surface area contributed by atoms with Crippen molar-refractivity contribution in [1.29, 1.82) is 0 Å². The maximum atomic E-state index is 11.5. The fourth-order valence-corrected chi connectivity index (χ4v) is 3.97. The molecule has 1 fully saturated rings. The van der Waals surface area contributed by atoms with E-state index in [0.29, 0.717) is 18.0 Å². The summed E-state index contributed by atoms with van der Waals surface area (Å²) < 4.78 is 11.4. The lowest BCUT2D eigenvalue weighted by Gasteiger charge is -2.34. The summed E-state index contributed by atoms with van der Waals surface area (Å²) in [6.07, 6.45) is -0.614. The average molecular weight is 442 g/mol. The minimum absolute atomic E-state index is 0.137. The zero-order valence-electron chi connectivity index (χ0n) is 19.4. The van der Waals surface area contributed by atoms with E-state index in [4.69, 9.17) is 9.47 Å². The topological polar surface area (TPSA) is 65.5 Å². The van der Waals surface area contributed by atoms with Gasteiger partial charge in [0, 0.05) is 52.7 Å². The van der Waals surface area contributed by atoms with Gasteiger partial charge in [0.25, 0.3) is 0 Å². The van der Waals surface area contributed by atoms with Crippen LogP contribution in [-0.2, 0) is 17.9 Å². The highest BCUT2D eigenvalue weighted by atomic mass is 16.5. The molecule has 1 N–H and O–H groups in total. The standard InChI is InChI=1S/C25H35N3O4/c1-20(29)28-13-11-27(12-14-28)17-22-9-10-24(31-3)25(15-22)32-19-23(30)18-26(2)16-21-7-5-4-6-8-21/h4-10,15,23,30H,11-14,16-19H2,1-3H3. The number of amides is 1. The van der Waals surface area contributed by atoms with Crippen LogP contribution in [0.2, 0.25) is 0 Å². The van der Waals surface area contributed by atoms with E-state index in [-0.39, 0.29) is 12.5 Å². The third-order valence-electron chi connectivity index (χ3n) is 5.70. The lowest BCUT2D eigenvalue weighted by molar-refractivity contribution is -0.130. The molecule has 7 heteroatoms. The van der Waals surface area contributed by atoms with Gasteiger partial charge in [0.05, 0.1) is 7.11 Å². The van der Waals surface area contributed by atoms with Crippen LogP contribution in [0.3, 0.4) is 0 Å². The van der Waals surface area contributed by atoms with Crippen molar-refractivity contribution in [3.8, 4) is 11.5 Å². The number of hydrogen-bond donors (Lipinski definition) is 1. The summed E-state index contributed by atoms with van der Waals surface area (Å²) in [5.41, 5.74) is 2.33. The number of aliphatic hydroxyl groups is 1. The summed E-state index contributed by atoms with van der Waals surface area (Å²) in [4.78, 5) is 17.8. The maximum Gasteiger partial charge on any atom is 0.219 e. The summed E-state index contributed by atoms with van der Waals surface area (Å²) >= 11 is 0. The first kappa shape index (κ1) is 24.0. The van der Waals surface area contributed by atoms with E-state index in [1.807, 2.05) is 48.3 Å². The number of methoxy groups -OCH3 is 1. The van der Waals surface area contributed by atoms with Gasteiger partial charge in [-0.25, -0.2) is 0 Å². The number of piperazine rings is 1. The number of hydrogen-bond acceptors (Lipinski definition) is 6. The molecule has 174 valence electrons. The zero-order valence-corrected chi connectivity index (χ0v) is 19.4. The third-order valence-corrected chi connectivity index (χ3v) is 5.70. The van der Waals surface area contributed by atoms with Gasteiger partial charge in [0.15, 0.2) is 11.5 Å². The minimum Gasteiger partial charge on any atom is -0.493 e. The molecule has 1 amide bonds. The Labute approximate surface area is 191 Å². The molecule has 0 bridgehead atoms. The number of aliphatic hydroxyl groups excluding tert-OH is 1. The molecule has 1 unspecified atom stereocenters. The van der Waals surface area contributed by atoms with Gasteiger partial charge in [-0.15, -0.1) is 0 Å². The number of carbonyl (C=O) groups is 1. The number of rotatable bonds is 10. The molecular formula is C25H35N3O4.